The molecule has 1 unspecified atom stereocenters. The number of ether oxygens (including phenoxy) is 2. The van der Waals surface area contributed by atoms with Crippen LogP contribution in [0.15, 0.2) is 80.4 Å². The maximum Gasteiger partial charge on any atom is 0.312 e. The maximum atomic E-state index is 13.2. The highest BCUT2D eigenvalue weighted by Crippen LogP contribution is 2.48. The summed E-state index contributed by atoms with van der Waals surface area (Å²) in [6, 6.07) is 13.4. The number of carbonyl (C=O) groups is 2. The quantitative estimate of drug-likeness (QED) is 0.266. The molecular formula is C25H14O7. The van der Waals surface area contributed by atoms with Crippen molar-refractivity contribution in [2.24, 2.45) is 0 Å². The number of allylic oxidation sites excluding steroid dienone is 1. The van der Waals surface area contributed by atoms with Gasteiger partial charge in [0, 0.05) is 23.1 Å². The van der Waals surface area contributed by atoms with Crippen molar-refractivity contribution in [3.8, 4) is 11.5 Å². The van der Waals surface area contributed by atoms with Gasteiger partial charge in [-0.25, -0.2) is 0 Å². The Morgan fingerprint density at radius 2 is 1.78 bits per heavy atom. The molecule has 2 aromatic heterocycles. The second-order valence-corrected chi connectivity index (χ2v) is 7.56. The summed E-state index contributed by atoms with van der Waals surface area (Å²) in [6.07, 6.45) is 4.28. The monoisotopic (exact) mass is 426 g/mol. The van der Waals surface area contributed by atoms with E-state index in [0.717, 1.165) is 0 Å². The van der Waals surface area contributed by atoms with Gasteiger partial charge in [-0.3, -0.25) is 14.4 Å². The molecule has 7 heteroatoms. The van der Waals surface area contributed by atoms with Crippen molar-refractivity contribution in [2.75, 3.05) is 0 Å². The molecule has 7 nitrogen and oxygen atoms in total. The van der Waals surface area contributed by atoms with Gasteiger partial charge < -0.3 is 18.3 Å². The lowest BCUT2D eigenvalue weighted by Gasteiger charge is -2.25. The largest absolute Gasteiger partial charge is 0.465 e. The summed E-state index contributed by atoms with van der Waals surface area (Å²) >= 11 is 0. The second kappa shape index (κ2) is 6.81. The fraction of sp³-hybridized carbons (Fsp3) is 0.0800. The average molecular weight is 426 g/mol. The van der Waals surface area contributed by atoms with E-state index >= 15 is 0 Å². The third-order valence-corrected chi connectivity index (χ3v) is 5.68. The number of furan rings is 1. The summed E-state index contributed by atoms with van der Waals surface area (Å²) in [5.41, 5.74) is 1.31. The molecular weight excluding hydrogens is 412 g/mol. The first-order valence-corrected chi connectivity index (χ1v) is 9.96. The minimum Gasteiger partial charge on any atom is -0.465 e. The first-order chi connectivity index (χ1) is 15.6. The predicted octanol–water partition coefficient (Wildman–Crippen LogP) is 4.44. The van der Waals surface area contributed by atoms with Crippen molar-refractivity contribution >= 4 is 28.8 Å². The van der Waals surface area contributed by atoms with Gasteiger partial charge in [-0.1, -0.05) is 12.1 Å². The Morgan fingerprint density at radius 3 is 2.62 bits per heavy atom. The van der Waals surface area contributed by atoms with E-state index in [1.807, 2.05) is 0 Å². The fourth-order valence-corrected chi connectivity index (χ4v) is 4.21. The van der Waals surface area contributed by atoms with E-state index in [0.29, 0.717) is 33.4 Å². The van der Waals surface area contributed by atoms with E-state index in [4.69, 9.17) is 18.3 Å². The number of para-hydroxylation sites is 1. The van der Waals surface area contributed by atoms with Crippen LogP contribution in [0.3, 0.4) is 0 Å². The molecule has 0 saturated carbocycles. The SMILES string of the molecule is O=C1CC(c2coc3ccccc3c2=O)c2c(ccc3c2O/C(=C\c2ccco2)C3=O)O1. The molecule has 2 aliphatic rings. The van der Waals surface area contributed by atoms with E-state index in [1.54, 1.807) is 48.5 Å². The number of hydrogen-bond acceptors (Lipinski definition) is 7. The molecule has 0 saturated heterocycles. The van der Waals surface area contributed by atoms with Crippen LogP contribution < -0.4 is 14.9 Å². The van der Waals surface area contributed by atoms with Gasteiger partial charge in [0.2, 0.25) is 5.78 Å². The molecule has 0 spiro atoms. The van der Waals surface area contributed by atoms with Crippen LogP contribution in [0.1, 0.15) is 39.6 Å². The topological polar surface area (TPSA) is 96.0 Å². The molecule has 0 fully saturated rings. The number of hydrogen-bond donors (Lipinski definition) is 0. The van der Waals surface area contributed by atoms with Crippen molar-refractivity contribution in [2.45, 2.75) is 12.3 Å². The first kappa shape index (κ1) is 18.4. The van der Waals surface area contributed by atoms with Gasteiger partial charge in [0.15, 0.2) is 11.2 Å². The van der Waals surface area contributed by atoms with Crippen LogP contribution in [0, 0.1) is 0 Å². The average Bonchev–Trinajstić information content (AvgIpc) is 3.42. The van der Waals surface area contributed by atoms with E-state index in [9.17, 15) is 14.4 Å². The van der Waals surface area contributed by atoms with Crippen LogP contribution in [0.4, 0.5) is 0 Å². The molecule has 0 radical (unpaired) electrons. The molecule has 0 aliphatic carbocycles. The van der Waals surface area contributed by atoms with Gasteiger partial charge >= 0.3 is 5.97 Å². The van der Waals surface area contributed by atoms with Gasteiger partial charge in [-0.15, -0.1) is 0 Å². The molecule has 0 N–H and O–H groups in total. The van der Waals surface area contributed by atoms with Gasteiger partial charge in [0.05, 0.1) is 29.9 Å². The first-order valence-electron chi connectivity index (χ1n) is 9.96. The van der Waals surface area contributed by atoms with E-state index in [1.165, 1.54) is 18.6 Å². The molecule has 156 valence electrons. The van der Waals surface area contributed by atoms with E-state index in [2.05, 4.69) is 0 Å². The minimum atomic E-state index is -0.683. The molecule has 2 aromatic carbocycles. The Labute approximate surface area is 180 Å². The van der Waals surface area contributed by atoms with Crippen molar-refractivity contribution in [3.05, 3.63) is 99.5 Å². The number of benzene rings is 2. The van der Waals surface area contributed by atoms with Crippen molar-refractivity contribution < 1.29 is 27.9 Å². The Balaban J connectivity index is 1.53. The van der Waals surface area contributed by atoms with Gasteiger partial charge in [0.25, 0.3) is 0 Å². The lowest BCUT2D eigenvalue weighted by Crippen LogP contribution is -2.25. The second-order valence-electron chi connectivity index (χ2n) is 7.56. The fourth-order valence-electron chi connectivity index (χ4n) is 4.21. The number of rotatable bonds is 2. The number of ketones is 1. The van der Waals surface area contributed by atoms with E-state index < -0.39 is 11.9 Å². The highest BCUT2D eigenvalue weighted by atomic mass is 16.5. The Hall–Kier alpha value is -4.39. The lowest BCUT2D eigenvalue weighted by molar-refractivity contribution is -0.135. The molecule has 4 heterocycles. The van der Waals surface area contributed by atoms with Gasteiger partial charge in [-0.2, -0.15) is 0 Å². The highest BCUT2D eigenvalue weighted by molar-refractivity contribution is 6.15. The zero-order valence-corrected chi connectivity index (χ0v) is 16.5. The van der Waals surface area contributed by atoms with Gasteiger partial charge in [-0.05, 0) is 36.4 Å². The molecule has 4 aromatic rings. The van der Waals surface area contributed by atoms with Crippen molar-refractivity contribution in [1.29, 1.82) is 0 Å². The van der Waals surface area contributed by atoms with Crippen molar-refractivity contribution in [3.63, 3.8) is 0 Å². The Bertz CT molecular complexity index is 1510. The summed E-state index contributed by atoms with van der Waals surface area (Å²) < 4.78 is 22.3. The third-order valence-electron chi connectivity index (χ3n) is 5.68. The molecule has 1 atom stereocenters. The minimum absolute atomic E-state index is 0.0820. The number of carbonyl (C=O) groups excluding carboxylic acids is 2. The summed E-state index contributed by atoms with van der Waals surface area (Å²) in [6.45, 7) is 0. The van der Waals surface area contributed by atoms with Crippen molar-refractivity contribution in [1.82, 2.24) is 0 Å². The predicted molar refractivity (Wildman–Crippen MR) is 113 cm³/mol. The summed E-state index contributed by atoms with van der Waals surface area (Å²) in [5, 5.41) is 0.411. The molecule has 0 bridgehead atoms. The van der Waals surface area contributed by atoms with Crippen LogP contribution >= 0.6 is 0 Å². The molecule has 32 heavy (non-hydrogen) atoms. The third kappa shape index (κ3) is 2.71. The molecule has 6 rings (SSSR count). The zero-order chi connectivity index (χ0) is 21.8. The Morgan fingerprint density at radius 1 is 0.906 bits per heavy atom. The number of Topliss-reactive ketones (excluding diaryl/α,β-unsaturated/α-hetero) is 1. The molecule has 2 aliphatic heterocycles. The van der Waals surface area contributed by atoms with Crippen LogP contribution in [0.25, 0.3) is 17.0 Å². The van der Waals surface area contributed by atoms with E-state index in [-0.39, 0.29) is 34.9 Å². The normalized spacial score (nSPS) is 18.4. The van der Waals surface area contributed by atoms with Crippen LogP contribution in [-0.4, -0.2) is 11.8 Å². The van der Waals surface area contributed by atoms with Crippen LogP contribution in [0.5, 0.6) is 11.5 Å². The maximum absolute atomic E-state index is 13.2. The number of esters is 1. The number of fused-ring (bicyclic) bond motifs is 4. The smallest absolute Gasteiger partial charge is 0.312 e. The standard InChI is InChI=1S/C25H14O7/c26-21-11-16(17-12-30-18-6-2-1-5-14(18)23(17)27)22-19(31-21)8-7-15-24(28)20(32-25(15)22)10-13-4-3-9-29-13/h1-10,12,16H,11H2/b20-10-. The summed E-state index contributed by atoms with van der Waals surface area (Å²) in [5.74, 6) is -0.401. The summed E-state index contributed by atoms with van der Waals surface area (Å²) in [7, 11) is 0. The molecule has 0 amide bonds. The highest BCUT2D eigenvalue weighted by Gasteiger charge is 2.39. The summed E-state index contributed by atoms with van der Waals surface area (Å²) in [4.78, 5) is 38.5. The lowest BCUT2D eigenvalue weighted by atomic mass is 9.85. The Kier molecular flexibility index (Phi) is 3.91. The van der Waals surface area contributed by atoms with Crippen LogP contribution in [-0.2, 0) is 4.79 Å². The van der Waals surface area contributed by atoms with Gasteiger partial charge in [0.1, 0.15) is 22.8 Å². The van der Waals surface area contributed by atoms with Crippen LogP contribution in [0.2, 0.25) is 0 Å². The zero-order valence-electron chi connectivity index (χ0n) is 16.5.